The maximum absolute atomic E-state index is 10.8. The van der Waals surface area contributed by atoms with Crippen molar-refractivity contribution in [1.82, 2.24) is 4.98 Å². The van der Waals surface area contributed by atoms with E-state index in [0.717, 1.165) is 17.5 Å². The molecule has 2 rings (SSSR count). The van der Waals surface area contributed by atoms with Gasteiger partial charge in [0.1, 0.15) is 5.15 Å². The van der Waals surface area contributed by atoms with Crippen LogP contribution in [0.1, 0.15) is 18.4 Å². The van der Waals surface area contributed by atoms with Gasteiger partial charge in [0.25, 0.3) is 6.20 Å². The van der Waals surface area contributed by atoms with Gasteiger partial charge in [-0.3, -0.25) is 10.1 Å². The topological polar surface area (TPSA) is 68.1 Å². The third-order valence-electron chi connectivity index (χ3n) is 3.02. The van der Waals surface area contributed by atoms with Crippen LogP contribution in [0, 0.1) is 10.1 Å². The maximum atomic E-state index is 10.8. The molecule has 0 amide bonds. The lowest BCUT2D eigenvalue weighted by Gasteiger charge is -2.16. The largest absolute Gasteiger partial charge is 0.353 e. The summed E-state index contributed by atoms with van der Waals surface area (Å²) in [6, 6.07) is 12.8. The Morgan fingerprint density at radius 3 is 2.62 bits per heavy atom. The molecule has 0 saturated heterocycles. The number of para-hydroxylation sites is 1. The molecule has 0 aliphatic heterocycles. The molecular weight excluding hydrogens is 290 g/mol. The summed E-state index contributed by atoms with van der Waals surface area (Å²) in [5.41, 5.74) is 2.12. The zero-order chi connectivity index (χ0) is 15.2. The normalized spacial score (nSPS) is 12.8. The van der Waals surface area contributed by atoms with Crippen molar-refractivity contribution in [3.05, 3.63) is 81.4 Å². The lowest BCUT2D eigenvalue weighted by molar-refractivity contribution is -0.403. The van der Waals surface area contributed by atoms with Gasteiger partial charge in [-0.05, 0) is 23.8 Å². The molecule has 1 heterocycles. The van der Waals surface area contributed by atoms with E-state index in [-0.39, 0.29) is 5.92 Å². The number of pyridine rings is 1. The molecule has 1 N–H and O–H groups in total. The highest BCUT2D eigenvalue weighted by molar-refractivity contribution is 6.29. The first-order chi connectivity index (χ1) is 10.1. The fourth-order valence-corrected chi connectivity index (χ4v) is 1.99. The minimum Gasteiger partial charge on any atom is -0.353 e. The van der Waals surface area contributed by atoms with E-state index < -0.39 is 4.92 Å². The molecule has 0 saturated carbocycles. The van der Waals surface area contributed by atoms with E-state index >= 15 is 0 Å². The third kappa shape index (κ3) is 4.29. The Hall–Kier alpha value is -2.40. The van der Waals surface area contributed by atoms with Crippen LogP contribution in [0.15, 0.2) is 60.6 Å². The van der Waals surface area contributed by atoms with Gasteiger partial charge in [-0.25, -0.2) is 4.98 Å². The fourth-order valence-electron chi connectivity index (χ4n) is 1.88. The molecule has 1 unspecified atom stereocenters. The van der Waals surface area contributed by atoms with Gasteiger partial charge in [0, 0.05) is 17.8 Å². The van der Waals surface area contributed by atoms with Gasteiger partial charge in [-0.2, -0.15) is 0 Å². The van der Waals surface area contributed by atoms with Gasteiger partial charge < -0.3 is 5.32 Å². The van der Waals surface area contributed by atoms with E-state index in [9.17, 15) is 10.1 Å². The van der Waals surface area contributed by atoms with Crippen LogP contribution >= 0.6 is 11.6 Å². The van der Waals surface area contributed by atoms with Crippen molar-refractivity contribution in [2.45, 2.75) is 12.8 Å². The number of aromatic nitrogens is 1. The van der Waals surface area contributed by atoms with Gasteiger partial charge in [0.2, 0.25) is 0 Å². The van der Waals surface area contributed by atoms with Crippen molar-refractivity contribution in [2.24, 2.45) is 0 Å². The van der Waals surface area contributed by atoms with Crippen molar-refractivity contribution in [3.8, 4) is 0 Å². The predicted octanol–water partition coefficient (Wildman–Crippen LogP) is 4.07. The van der Waals surface area contributed by atoms with Gasteiger partial charge in [-0.1, -0.05) is 42.8 Å². The minimum atomic E-state index is -0.467. The molecule has 0 bridgehead atoms. The first-order valence-electron chi connectivity index (χ1n) is 6.35. The standard InChI is InChI=1S/C15H14ClN3O2/c1-11(12-7-8-15(16)17-9-12)14(10-19(20)21)18-13-5-3-2-4-6-13/h2-11,18H,1H3/b14-10-. The molecule has 1 aromatic heterocycles. The lowest BCUT2D eigenvalue weighted by atomic mass is 9.99. The average Bonchev–Trinajstić information content (AvgIpc) is 2.47. The van der Waals surface area contributed by atoms with Crippen LogP contribution in [0.5, 0.6) is 0 Å². The van der Waals surface area contributed by atoms with Crippen molar-refractivity contribution in [2.75, 3.05) is 5.32 Å². The van der Waals surface area contributed by atoms with E-state index in [1.165, 1.54) is 0 Å². The van der Waals surface area contributed by atoms with E-state index in [0.29, 0.717) is 10.9 Å². The second-order valence-corrected chi connectivity index (χ2v) is 4.88. The summed E-state index contributed by atoms with van der Waals surface area (Å²) in [4.78, 5) is 14.4. The molecule has 6 heteroatoms. The Morgan fingerprint density at radius 2 is 2.05 bits per heavy atom. The summed E-state index contributed by atoms with van der Waals surface area (Å²) in [7, 11) is 0. The van der Waals surface area contributed by atoms with Crippen molar-refractivity contribution < 1.29 is 4.92 Å². The zero-order valence-corrected chi connectivity index (χ0v) is 12.1. The quantitative estimate of drug-likeness (QED) is 0.513. The number of hydrogen-bond acceptors (Lipinski definition) is 4. The molecule has 0 aliphatic carbocycles. The number of nitrogens with one attached hydrogen (secondary N) is 1. The van der Waals surface area contributed by atoms with Crippen molar-refractivity contribution in [1.29, 1.82) is 0 Å². The van der Waals surface area contributed by atoms with Crippen LogP contribution in [0.3, 0.4) is 0 Å². The molecule has 1 atom stereocenters. The van der Waals surface area contributed by atoms with E-state index in [1.807, 2.05) is 37.3 Å². The first-order valence-corrected chi connectivity index (χ1v) is 6.73. The van der Waals surface area contributed by atoms with Crippen LogP contribution in [0.2, 0.25) is 5.15 Å². The SMILES string of the molecule is CC(/C(=C/[N+](=O)[O-])Nc1ccccc1)c1ccc(Cl)nc1. The number of nitrogens with zero attached hydrogens (tertiary/aromatic N) is 2. The predicted molar refractivity (Wildman–Crippen MR) is 82.8 cm³/mol. The highest BCUT2D eigenvalue weighted by Crippen LogP contribution is 2.25. The van der Waals surface area contributed by atoms with Crippen LogP contribution < -0.4 is 5.32 Å². The highest BCUT2D eigenvalue weighted by Gasteiger charge is 2.16. The molecule has 5 nitrogen and oxygen atoms in total. The van der Waals surface area contributed by atoms with E-state index in [1.54, 1.807) is 18.3 Å². The molecule has 108 valence electrons. The number of nitro groups is 1. The smallest absolute Gasteiger partial charge is 0.254 e. The molecule has 1 aromatic carbocycles. The molecule has 0 spiro atoms. The van der Waals surface area contributed by atoms with Crippen LogP contribution in [0.25, 0.3) is 0 Å². The molecule has 2 aromatic rings. The second-order valence-electron chi connectivity index (χ2n) is 4.50. The summed E-state index contributed by atoms with van der Waals surface area (Å²) >= 11 is 5.76. The summed E-state index contributed by atoms with van der Waals surface area (Å²) in [6.45, 7) is 1.87. The molecular formula is C15H14ClN3O2. The molecule has 21 heavy (non-hydrogen) atoms. The van der Waals surface area contributed by atoms with Crippen LogP contribution in [0.4, 0.5) is 5.69 Å². The Bertz CT molecular complexity index is 642. The molecule has 0 radical (unpaired) electrons. The number of allylic oxidation sites excluding steroid dienone is 1. The summed E-state index contributed by atoms with van der Waals surface area (Å²) in [6.07, 6.45) is 2.60. The van der Waals surface area contributed by atoms with Crippen LogP contribution in [-0.2, 0) is 0 Å². The number of anilines is 1. The Morgan fingerprint density at radius 1 is 1.33 bits per heavy atom. The Kier molecular flexibility index (Phi) is 4.90. The Labute approximate surface area is 127 Å². The van der Waals surface area contributed by atoms with Gasteiger partial charge in [-0.15, -0.1) is 0 Å². The maximum Gasteiger partial charge on any atom is 0.254 e. The Balaban J connectivity index is 2.27. The molecule has 0 fully saturated rings. The summed E-state index contributed by atoms with van der Waals surface area (Å²) < 4.78 is 0. The first kappa shape index (κ1) is 15.0. The van der Waals surface area contributed by atoms with Crippen molar-refractivity contribution in [3.63, 3.8) is 0 Å². The number of rotatable bonds is 5. The monoisotopic (exact) mass is 303 g/mol. The van der Waals surface area contributed by atoms with Gasteiger partial charge >= 0.3 is 0 Å². The average molecular weight is 304 g/mol. The fraction of sp³-hybridized carbons (Fsp3) is 0.133. The minimum absolute atomic E-state index is 0.208. The third-order valence-corrected chi connectivity index (χ3v) is 3.25. The number of halogens is 1. The highest BCUT2D eigenvalue weighted by atomic mass is 35.5. The zero-order valence-electron chi connectivity index (χ0n) is 11.4. The molecule has 0 aliphatic rings. The number of benzene rings is 1. The van der Waals surface area contributed by atoms with Gasteiger partial charge in [0.05, 0.1) is 10.6 Å². The van der Waals surface area contributed by atoms with E-state index in [2.05, 4.69) is 10.3 Å². The lowest BCUT2D eigenvalue weighted by Crippen LogP contribution is -2.10. The van der Waals surface area contributed by atoms with E-state index in [4.69, 9.17) is 11.6 Å². The van der Waals surface area contributed by atoms with Gasteiger partial charge in [0.15, 0.2) is 0 Å². The summed E-state index contributed by atoms with van der Waals surface area (Å²) in [5.74, 6) is -0.208. The van der Waals surface area contributed by atoms with Crippen molar-refractivity contribution >= 4 is 17.3 Å². The number of hydrogen-bond donors (Lipinski definition) is 1. The second kappa shape index (κ2) is 6.85. The van der Waals surface area contributed by atoms with Crippen LogP contribution in [-0.4, -0.2) is 9.91 Å². The summed E-state index contributed by atoms with van der Waals surface area (Å²) in [5, 5.41) is 14.3.